The molecule has 7 heteroatoms. The molecule has 112 valence electrons. The number of aryl methyl sites for hydroxylation is 1. The molecule has 2 heterocycles. The number of rotatable bonds is 5. The molecule has 1 atom stereocenters. The van der Waals surface area contributed by atoms with Gasteiger partial charge in [0.25, 0.3) is 0 Å². The standard InChI is InChI=1S/C13H24N6O/c1-4-19-10-16-17-12(19)7-15-13(14-2)18(3)8-11-5-6-20-9-11/h10-11H,4-9H2,1-3H3,(H,14,15). The number of aliphatic imine (C=N–C) groups is 1. The summed E-state index contributed by atoms with van der Waals surface area (Å²) in [6.45, 7) is 6.27. The highest BCUT2D eigenvalue weighted by Gasteiger charge is 2.19. The average molecular weight is 280 g/mol. The largest absolute Gasteiger partial charge is 0.381 e. The number of hydrogen-bond acceptors (Lipinski definition) is 4. The van der Waals surface area contributed by atoms with Gasteiger partial charge in [0.05, 0.1) is 13.2 Å². The van der Waals surface area contributed by atoms with Gasteiger partial charge in [-0.25, -0.2) is 0 Å². The Balaban J connectivity index is 1.85. The van der Waals surface area contributed by atoms with Crippen LogP contribution in [0.2, 0.25) is 0 Å². The quantitative estimate of drug-likeness (QED) is 0.622. The van der Waals surface area contributed by atoms with Crippen LogP contribution in [0, 0.1) is 5.92 Å². The van der Waals surface area contributed by atoms with Gasteiger partial charge in [0.2, 0.25) is 0 Å². The lowest BCUT2D eigenvalue weighted by atomic mass is 10.1. The molecule has 1 aromatic rings. The molecule has 1 N–H and O–H groups in total. The highest BCUT2D eigenvalue weighted by molar-refractivity contribution is 5.79. The molecule has 1 fully saturated rings. The summed E-state index contributed by atoms with van der Waals surface area (Å²) in [4.78, 5) is 6.46. The van der Waals surface area contributed by atoms with Gasteiger partial charge >= 0.3 is 0 Å². The number of guanidine groups is 1. The second-order valence-corrected chi connectivity index (χ2v) is 5.04. The summed E-state index contributed by atoms with van der Waals surface area (Å²) >= 11 is 0. The Morgan fingerprint density at radius 1 is 1.65 bits per heavy atom. The van der Waals surface area contributed by atoms with Crippen molar-refractivity contribution in [3.63, 3.8) is 0 Å². The van der Waals surface area contributed by atoms with Gasteiger partial charge in [-0.05, 0) is 13.3 Å². The summed E-state index contributed by atoms with van der Waals surface area (Å²) in [6.07, 6.45) is 2.88. The van der Waals surface area contributed by atoms with Crippen molar-refractivity contribution in [1.82, 2.24) is 25.0 Å². The lowest BCUT2D eigenvalue weighted by molar-refractivity contribution is 0.181. The third kappa shape index (κ3) is 3.69. The number of nitrogens with one attached hydrogen (secondary N) is 1. The van der Waals surface area contributed by atoms with Gasteiger partial charge in [-0.15, -0.1) is 10.2 Å². The zero-order chi connectivity index (χ0) is 14.4. The van der Waals surface area contributed by atoms with Crippen molar-refractivity contribution < 1.29 is 4.74 Å². The number of aromatic nitrogens is 3. The van der Waals surface area contributed by atoms with Gasteiger partial charge < -0.3 is 19.5 Å². The van der Waals surface area contributed by atoms with E-state index in [9.17, 15) is 0 Å². The van der Waals surface area contributed by atoms with E-state index in [-0.39, 0.29) is 0 Å². The van der Waals surface area contributed by atoms with Crippen LogP contribution in [0.3, 0.4) is 0 Å². The van der Waals surface area contributed by atoms with Crippen LogP contribution in [0.5, 0.6) is 0 Å². The Labute approximate surface area is 120 Å². The Bertz CT molecular complexity index is 438. The van der Waals surface area contributed by atoms with Gasteiger partial charge in [-0.3, -0.25) is 4.99 Å². The minimum Gasteiger partial charge on any atom is -0.381 e. The molecule has 20 heavy (non-hydrogen) atoms. The molecule has 1 aliphatic rings. The Morgan fingerprint density at radius 3 is 3.15 bits per heavy atom. The molecule has 0 aliphatic carbocycles. The zero-order valence-electron chi connectivity index (χ0n) is 12.5. The van der Waals surface area contributed by atoms with Crippen LogP contribution < -0.4 is 5.32 Å². The van der Waals surface area contributed by atoms with Gasteiger partial charge in [0.15, 0.2) is 11.8 Å². The summed E-state index contributed by atoms with van der Waals surface area (Å²) in [5.41, 5.74) is 0. The first kappa shape index (κ1) is 14.8. The maximum atomic E-state index is 5.41. The molecule has 0 saturated carbocycles. The number of hydrogen-bond donors (Lipinski definition) is 1. The number of ether oxygens (including phenoxy) is 1. The van der Waals surface area contributed by atoms with E-state index in [1.165, 1.54) is 0 Å². The molecule has 1 saturated heterocycles. The molecule has 0 spiro atoms. The molecule has 0 amide bonds. The second-order valence-electron chi connectivity index (χ2n) is 5.04. The van der Waals surface area contributed by atoms with Crippen molar-refractivity contribution in [1.29, 1.82) is 0 Å². The van der Waals surface area contributed by atoms with Crippen LogP contribution in [-0.4, -0.2) is 59.5 Å². The van der Waals surface area contributed by atoms with Crippen LogP contribution in [0.25, 0.3) is 0 Å². The fourth-order valence-corrected chi connectivity index (χ4v) is 2.42. The molecular weight excluding hydrogens is 256 g/mol. The van der Waals surface area contributed by atoms with E-state index >= 15 is 0 Å². The van der Waals surface area contributed by atoms with E-state index in [1.807, 2.05) is 4.57 Å². The molecule has 0 radical (unpaired) electrons. The zero-order valence-corrected chi connectivity index (χ0v) is 12.5. The maximum Gasteiger partial charge on any atom is 0.193 e. The highest BCUT2D eigenvalue weighted by atomic mass is 16.5. The van der Waals surface area contributed by atoms with Crippen LogP contribution in [0.15, 0.2) is 11.3 Å². The van der Waals surface area contributed by atoms with Crippen LogP contribution >= 0.6 is 0 Å². The fourth-order valence-electron chi connectivity index (χ4n) is 2.42. The fraction of sp³-hybridized carbons (Fsp3) is 0.769. The summed E-state index contributed by atoms with van der Waals surface area (Å²) in [7, 11) is 3.85. The predicted molar refractivity (Wildman–Crippen MR) is 77.5 cm³/mol. The molecule has 0 aromatic carbocycles. The lowest BCUT2D eigenvalue weighted by Crippen LogP contribution is -2.41. The molecule has 7 nitrogen and oxygen atoms in total. The predicted octanol–water partition coefficient (Wildman–Crippen LogP) is 0.342. The summed E-state index contributed by atoms with van der Waals surface area (Å²) in [5, 5.41) is 11.4. The first-order valence-corrected chi connectivity index (χ1v) is 7.10. The minimum absolute atomic E-state index is 0.595. The molecule has 1 aromatic heterocycles. The van der Waals surface area contributed by atoms with Crippen LogP contribution in [0.4, 0.5) is 0 Å². The van der Waals surface area contributed by atoms with Gasteiger partial charge in [-0.2, -0.15) is 0 Å². The molecule has 0 bridgehead atoms. The highest BCUT2D eigenvalue weighted by Crippen LogP contribution is 2.13. The first-order chi connectivity index (χ1) is 9.74. The normalized spacial score (nSPS) is 19.4. The van der Waals surface area contributed by atoms with E-state index in [0.717, 1.165) is 44.5 Å². The topological polar surface area (TPSA) is 67.6 Å². The van der Waals surface area contributed by atoms with Crippen molar-refractivity contribution in [3.8, 4) is 0 Å². The van der Waals surface area contributed by atoms with Gasteiger partial charge in [-0.1, -0.05) is 0 Å². The molecule has 1 aliphatic heterocycles. The second kappa shape index (κ2) is 7.23. The van der Waals surface area contributed by atoms with Crippen LogP contribution in [0.1, 0.15) is 19.2 Å². The Morgan fingerprint density at radius 2 is 2.50 bits per heavy atom. The van der Waals surface area contributed by atoms with Crippen molar-refractivity contribution in [2.24, 2.45) is 10.9 Å². The summed E-state index contributed by atoms with van der Waals surface area (Å²) in [6, 6.07) is 0. The minimum atomic E-state index is 0.595. The van der Waals surface area contributed by atoms with E-state index in [0.29, 0.717) is 12.5 Å². The van der Waals surface area contributed by atoms with E-state index in [4.69, 9.17) is 4.74 Å². The molecule has 2 rings (SSSR count). The maximum absolute atomic E-state index is 5.41. The summed E-state index contributed by atoms with van der Waals surface area (Å²) in [5.74, 6) is 2.40. The van der Waals surface area contributed by atoms with Crippen molar-refractivity contribution >= 4 is 5.96 Å². The average Bonchev–Trinajstić information content (AvgIpc) is 3.10. The smallest absolute Gasteiger partial charge is 0.193 e. The molecular formula is C13H24N6O. The molecule has 1 unspecified atom stereocenters. The lowest BCUT2D eigenvalue weighted by Gasteiger charge is -2.24. The monoisotopic (exact) mass is 280 g/mol. The number of nitrogens with zero attached hydrogens (tertiary/aromatic N) is 5. The van der Waals surface area contributed by atoms with E-state index in [1.54, 1.807) is 13.4 Å². The third-order valence-electron chi connectivity index (χ3n) is 3.57. The Hall–Kier alpha value is -1.63. The Kier molecular flexibility index (Phi) is 5.34. The van der Waals surface area contributed by atoms with E-state index < -0.39 is 0 Å². The van der Waals surface area contributed by atoms with E-state index in [2.05, 4.69) is 39.4 Å². The van der Waals surface area contributed by atoms with Gasteiger partial charge in [0.1, 0.15) is 6.33 Å². The first-order valence-electron chi connectivity index (χ1n) is 7.10. The van der Waals surface area contributed by atoms with Crippen molar-refractivity contribution in [3.05, 3.63) is 12.2 Å². The van der Waals surface area contributed by atoms with Crippen LogP contribution in [-0.2, 0) is 17.8 Å². The van der Waals surface area contributed by atoms with Gasteiger partial charge in [0, 0.05) is 39.7 Å². The SMILES string of the molecule is CCn1cnnc1CNC(=NC)N(C)CC1CCOC1. The third-order valence-corrected chi connectivity index (χ3v) is 3.57. The van der Waals surface area contributed by atoms with Crippen molar-refractivity contribution in [2.75, 3.05) is 33.9 Å². The summed E-state index contributed by atoms with van der Waals surface area (Å²) < 4.78 is 7.43. The van der Waals surface area contributed by atoms with Crippen molar-refractivity contribution in [2.45, 2.75) is 26.4 Å².